The van der Waals surface area contributed by atoms with Crippen molar-refractivity contribution in [2.45, 2.75) is 51.5 Å². The molecule has 0 saturated heterocycles. The minimum absolute atomic E-state index is 0.135. The van der Waals surface area contributed by atoms with Crippen molar-refractivity contribution >= 4 is 25.0 Å². The quantitative estimate of drug-likeness (QED) is 0.313. The van der Waals surface area contributed by atoms with E-state index in [9.17, 15) is 4.57 Å². The van der Waals surface area contributed by atoms with Gasteiger partial charge in [-0.1, -0.05) is 75.2 Å². The maximum absolute atomic E-state index is 10.9. The molecule has 7 heteroatoms. The molecule has 1 unspecified atom stereocenters. The van der Waals surface area contributed by atoms with Crippen LogP contribution < -0.4 is 5.32 Å². The molecule has 0 aliphatic heterocycles. The van der Waals surface area contributed by atoms with E-state index in [1.807, 2.05) is 30.3 Å². The van der Waals surface area contributed by atoms with E-state index in [1.54, 1.807) is 0 Å². The predicted molar refractivity (Wildman–Crippen MR) is 96.3 cm³/mol. The molecule has 1 aromatic carbocycles. The molecule has 5 nitrogen and oxygen atoms in total. The molecule has 0 aromatic heterocycles. The molecule has 0 radical (unpaired) electrons. The third kappa shape index (κ3) is 9.84. The van der Waals surface area contributed by atoms with Gasteiger partial charge in [0.2, 0.25) is 0 Å². The van der Waals surface area contributed by atoms with Crippen LogP contribution in [0.4, 0.5) is 0 Å². The van der Waals surface area contributed by atoms with Crippen molar-refractivity contribution < 1.29 is 18.9 Å². The number of phosphoric acid groups is 1. The molecule has 0 aliphatic carbocycles. The van der Waals surface area contributed by atoms with E-state index in [1.165, 1.54) is 19.3 Å². The summed E-state index contributed by atoms with van der Waals surface area (Å²) in [6.45, 7) is 2.04. The van der Waals surface area contributed by atoms with E-state index in [0.29, 0.717) is 4.99 Å². The predicted octanol–water partition coefficient (Wildman–Crippen LogP) is 4.11. The lowest BCUT2D eigenvalue weighted by Gasteiger charge is -2.21. The number of nitrogens with one attached hydrogen (secondary N) is 1. The van der Waals surface area contributed by atoms with Gasteiger partial charge in [0.15, 0.2) is 0 Å². The van der Waals surface area contributed by atoms with Crippen molar-refractivity contribution in [3.05, 3.63) is 35.9 Å². The second kappa shape index (κ2) is 10.9. The highest BCUT2D eigenvalue weighted by Gasteiger charge is 2.20. The number of phosphoric ester groups is 1. The summed E-state index contributed by atoms with van der Waals surface area (Å²) in [6.07, 6.45) is 6.60. The molecule has 0 fully saturated rings. The number of rotatable bonds is 11. The van der Waals surface area contributed by atoms with Crippen molar-refractivity contribution in [3.63, 3.8) is 0 Å². The lowest BCUT2D eigenvalue weighted by Crippen LogP contribution is -2.30. The summed E-state index contributed by atoms with van der Waals surface area (Å²) >= 11 is 5.36. The molecule has 0 spiro atoms. The Hall–Kier alpha value is -0.780. The first kappa shape index (κ1) is 20.3. The van der Waals surface area contributed by atoms with Crippen LogP contribution in [0, 0.1) is 0 Å². The molecule has 1 atom stereocenters. The van der Waals surface area contributed by atoms with E-state index in [4.69, 9.17) is 22.0 Å². The number of unbranched alkanes of at least 4 members (excludes halogenated alkanes) is 4. The summed E-state index contributed by atoms with van der Waals surface area (Å²) in [6, 6.07) is 9.02. The third-order valence-electron chi connectivity index (χ3n) is 3.45. The van der Waals surface area contributed by atoms with E-state index in [2.05, 4.69) is 16.8 Å². The fourth-order valence-corrected chi connectivity index (χ4v) is 2.86. The van der Waals surface area contributed by atoms with Gasteiger partial charge in [-0.25, -0.2) is 4.57 Å². The monoisotopic (exact) mass is 359 g/mol. The van der Waals surface area contributed by atoms with Crippen LogP contribution in [0.1, 0.15) is 57.1 Å². The Labute approximate surface area is 143 Å². The van der Waals surface area contributed by atoms with Gasteiger partial charge in [0.1, 0.15) is 0 Å². The molecule has 0 saturated carbocycles. The van der Waals surface area contributed by atoms with Crippen molar-refractivity contribution in [3.8, 4) is 0 Å². The van der Waals surface area contributed by atoms with Gasteiger partial charge in [0, 0.05) is 0 Å². The minimum atomic E-state index is -4.50. The van der Waals surface area contributed by atoms with Crippen LogP contribution in [-0.2, 0) is 9.09 Å². The maximum atomic E-state index is 10.9. The first-order valence-corrected chi connectivity index (χ1v) is 9.90. The molecule has 1 aromatic rings. The van der Waals surface area contributed by atoms with E-state index in [0.717, 1.165) is 24.8 Å². The zero-order valence-electron chi connectivity index (χ0n) is 13.5. The van der Waals surface area contributed by atoms with Gasteiger partial charge in [0.05, 0.1) is 17.6 Å². The standard InChI is InChI=1S/C16H26NO4PS/c1-2-3-4-5-9-12-16(23)17-15(13-21-22(18,19)20)14-10-7-6-8-11-14/h6-8,10-11,15H,2-5,9,12-13H2,1H3,(H,17,23)(H2,18,19,20). The van der Waals surface area contributed by atoms with Crippen molar-refractivity contribution in [1.29, 1.82) is 0 Å². The van der Waals surface area contributed by atoms with Crippen molar-refractivity contribution in [2.75, 3.05) is 6.61 Å². The summed E-state index contributed by atoms with van der Waals surface area (Å²) in [5, 5.41) is 3.16. The normalized spacial score (nSPS) is 12.8. The Kier molecular flexibility index (Phi) is 9.60. The van der Waals surface area contributed by atoms with Gasteiger partial charge >= 0.3 is 7.82 Å². The first-order valence-electron chi connectivity index (χ1n) is 7.96. The Morgan fingerprint density at radius 2 is 1.87 bits per heavy atom. The SMILES string of the molecule is CCCCCCCC(=S)NC(COP(=O)(O)O)c1ccccc1. The Balaban J connectivity index is 2.52. The van der Waals surface area contributed by atoms with E-state index in [-0.39, 0.29) is 12.6 Å². The first-order chi connectivity index (χ1) is 10.9. The highest BCUT2D eigenvalue weighted by Crippen LogP contribution is 2.37. The smallest absolute Gasteiger partial charge is 0.370 e. The fourth-order valence-electron chi connectivity index (χ4n) is 2.23. The summed E-state index contributed by atoms with van der Waals surface area (Å²) in [7, 11) is -4.50. The lowest BCUT2D eigenvalue weighted by molar-refractivity contribution is 0.182. The zero-order valence-corrected chi connectivity index (χ0v) is 15.2. The molecular formula is C16H26NO4PS. The number of hydrogen-bond acceptors (Lipinski definition) is 3. The largest absolute Gasteiger partial charge is 0.469 e. The van der Waals surface area contributed by atoms with Gasteiger partial charge in [-0.3, -0.25) is 4.52 Å². The highest BCUT2D eigenvalue weighted by molar-refractivity contribution is 7.80. The van der Waals surface area contributed by atoms with Gasteiger partial charge in [-0.15, -0.1) is 0 Å². The summed E-state index contributed by atoms with van der Waals surface area (Å²) in [5.74, 6) is 0. The maximum Gasteiger partial charge on any atom is 0.469 e. The number of thiocarbonyl (C=S) groups is 1. The van der Waals surface area contributed by atoms with Crippen LogP contribution in [0.5, 0.6) is 0 Å². The van der Waals surface area contributed by atoms with Gasteiger partial charge in [-0.05, 0) is 18.4 Å². The average Bonchev–Trinajstić information content (AvgIpc) is 2.51. The second-order valence-electron chi connectivity index (χ2n) is 5.48. The van der Waals surface area contributed by atoms with E-state index < -0.39 is 7.82 Å². The van der Waals surface area contributed by atoms with E-state index >= 15 is 0 Å². The molecule has 0 aliphatic rings. The van der Waals surface area contributed by atoms with Crippen LogP contribution in [0.25, 0.3) is 0 Å². The van der Waals surface area contributed by atoms with Gasteiger partial charge in [0.25, 0.3) is 0 Å². The average molecular weight is 359 g/mol. The van der Waals surface area contributed by atoms with Crippen LogP contribution in [0.3, 0.4) is 0 Å². The molecule has 3 N–H and O–H groups in total. The third-order valence-corrected chi connectivity index (χ3v) is 4.26. The van der Waals surface area contributed by atoms with Crippen LogP contribution in [0.2, 0.25) is 0 Å². The van der Waals surface area contributed by atoms with Crippen molar-refractivity contribution in [2.24, 2.45) is 0 Å². The summed E-state index contributed by atoms with van der Waals surface area (Å²) < 4.78 is 15.6. The van der Waals surface area contributed by atoms with Gasteiger partial charge in [-0.2, -0.15) is 0 Å². The number of benzene rings is 1. The minimum Gasteiger partial charge on any atom is -0.370 e. The molecule has 0 bridgehead atoms. The van der Waals surface area contributed by atoms with Crippen LogP contribution >= 0.6 is 20.0 Å². The Morgan fingerprint density at radius 3 is 2.48 bits per heavy atom. The summed E-state index contributed by atoms with van der Waals surface area (Å²) in [5.41, 5.74) is 0.884. The van der Waals surface area contributed by atoms with Crippen LogP contribution in [-0.4, -0.2) is 21.4 Å². The molecule has 0 amide bonds. The Morgan fingerprint density at radius 1 is 1.22 bits per heavy atom. The second-order valence-corrected chi connectivity index (χ2v) is 7.21. The fraction of sp³-hybridized carbons (Fsp3) is 0.562. The Bertz CT molecular complexity index is 506. The molecule has 1 rings (SSSR count). The molecule has 0 heterocycles. The lowest BCUT2D eigenvalue weighted by atomic mass is 10.1. The molecule has 23 heavy (non-hydrogen) atoms. The van der Waals surface area contributed by atoms with Gasteiger partial charge < -0.3 is 15.1 Å². The number of hydrogen-bond donors (Lipinski definition) is 3. The van der Waals surface area contributed by atoms with Crippen LogP contribution in [0.15, 0.2) is 30.3 Å². The molecule has 130 valence electrons. The topological polar surface area (TPSA) is 78.8 Å². The summed E-state index contributed by atoms with van der Waals surface area (Å²) in [4.78, 5) is 18.5. The highest BCUT2D eigenvalue weighted by atomic mass is 32.1. The zero-order chi connectivity index (χ0) is 17.1. The van der Waals surface area contributed by atoms with Crippen molar-refractivity contribution in [1.82, 2.24) is 5.32 Å². The molecular weight excluding hydrogens is 333 g/mol.